The molecule has 3 rings (SSSR count). The summed E-state index contributed by atoms with van der Waals surface area (Å²) in [6, 6.07) is 12.0. The molecule has 1 unspecified atom stereocenters. The minimum atomic E-state index is -0.696. The maximum Gasteiger partial charge on any atom is 0.191 e. The zero-order chi connectivity index (χ0) is 17.7. The molecule has 1 aliphatic carbocycles. The van der Waals surface area contributed by atoms with E-state index in [2.05, 4.69) is 44.8 Å². The van der Waals surface area contributed by atoms with E-state index in [1.807, 2.05) is 13.0 Å². The predicted octanol–water partition coefficient (Wildman–Crippen LogP) is 3.98. The molecule has 3 N–H and O–H groups in total. The minimum absolute atomic E-state index is 0. The Hall–Kier alpha value is -1.06. The molecule has 0 aliphatic heterocycles. The van der Waals surface area contributed by atoms with Crippen LogP contribution >= 0.6 is 39.9 Å². The highest BCUT2D eigenvalue weighted by Crippen LogP contribution is 2.48. The van der Waals surface area contributed by atoms with Gasteiger partial charge >= 0.3 is 0 Å². The molecule has 1 saturated carbocycles. The van der Waals surface area contributed by atoms with E-state index in [1.54, 1.807) is 18.4 Å². The number of furan rings is 1. The average molecular weight is 534 g/mol. The molecular formula is C19H25BrIN3O2. The molecule has 1 atom stereocenters. The second kappa shape index (κ2) is 9.75. The number of halogens is 2. The van der Waals surface area contributed by atoms with Gasteiger partial charge in [-0.05, 0) is 49.6 Å². The standard InChI is InChI=1S/C19H24BrN3O2.HI/c1-2-21-18(22-12-16(24)17-7-4-10-25-17)23-13-19(8-9-19)14-5-3-6-15(20)11-14;/h3-7,10-11,16,24H,2,8-9,12-13H2,1H3,(H2,21,22,23);1H. The number of aliphatic hydroxyl groups excluding tert-OH is 1. The maximum atomic E-state index is 10.1. The van der Waals surface area contributed by atoms with Crippen molar-refractivity contribution in [1.29, 1.82) is 0 Å². The van der Waals surface area contributed by atoms with E-state index in [1.165, 1.54) is 5.56 Å². The van der Waals surface area contributed by atoms with Crippen molar-refractivity contribution in [2.24, 2.45) is 4.99 Å². The molecule has 1 aromatic heterocycles. The summed E-state index contributed by atoms with van der Waals surface area (Å²) in [7, 11) is 0. The first-order valence-electron chi connectivity index (χ1n) is 8.63. The number of hydrogen-bond donors (Lipinski definition) is 3. The van der Waals surface area contributed by atoms with Crippen LogP contribution in [-0.4, -0.2) is 30.7 Å². The molecule has 0 saturated heterocycles. The van der Waals surface area contributed by atoms with Crippen molar-refractivity contribution in [3.8, 4) is 0 Å². The average Bonchev–Trinajstić information content (AvgIpc) is 3.20. The van der Waals surface area contributed by atoms with Gasteiger partial charge in [-0.1, -0.05) is 28.1 Å². The summed E-state index contributed by atoms with van der Waals surface area (Å²) >= 11 is 3.55. The Morgan fingerprint density at radius 3 is 2.73 bits per heavy atom. The van der Waals surface area contributed by atoms with E-state index in [0.717, 1.165) is 36.4 Å². The van der Waals surface area contributed by atoms with E-state index in [0.29, 0.717) is 12.3 Å². The van der Waals surface area contributed by atoms with Crippen molar-refractivity contribution in [3.63, 3.8) is 0 Å². The molecule has 26 heavy (non-hydrogen) atoms. The van der Waals surface area contributed by atoms with E-state index in [-0.39, 0.29) is 29.4 Å². The smallest absolute Gasteiger partial charge is 0.191 e. The zero-order valence-corrected chi connectivity index (χ0v) is 18.7. The van der Waals surface area contributed by atoms with Crippen molar-refractivity contribution in [2.45, 2.75) is 31.3 Å². The first-order valence-corrected chi connectivity index (χ1v) is 9.42. The normalized spacial score (nSPS) is 16.5. The molecular weight excluding hydrogens is 509 g/mol. The Morgan fingerprint density at radius 2 is 2.12 bits per heavy atom. The molecule has 1 aliphatic rings. The molecule has 2 aromatic rings. The van der Waals surface area contributed by atoms with Crippen LogP contribution in [0.5, 0.6) is 0 Å². The van der Waals surface area contributed by atoms with Gasteiger partial charge in [-0.2, -0.15) is 0 Å². The van der Waals surface area contributed by atoms with E-state index >= 15 is 0 Å². The van der Waals surface area contributed by atoms with Gasteiger partial charge in [0.15, 0.2) is 5.96 Å². The molecule has 5 nitrogen and oxygen atoms in total. The van der Waals surface area contributed by atoms with Crippen molar-refractivity contribution >= 4 is 45.9 Å². The highest BCUT2D eigenvalue weighted by molar-refractivity contribution is 14.0. The zero-order valence-electron chi connectivity index (χ0n) is 14.7. The number of hydrogen-bond acceptors (Lipinski definition) is 3. The summed E-state index contributed by atoms with van der Waals surface area (Å²) in [5, 5.41) is 16.6. The molecule has 7 heteroatoms. The van der Waals surface area contributed by atoms with Crippen molar-refractivity contribution in [3.05, 3.63) is 58.5 Å². The topological polar surface area (TPSA) is 69.8 Å². The summed E-state index contributed by atoms with van der Waals surface area (Å²) in [6.45, 7) is 3.88. The molecule has 1 heterocycles. The summed E-state index contributed by atoms with van der Waals surface area (Å²) in [6.07, 6.45) is 3.17. The lowest BCUT2D eigenvalue weighted by atomic mass is 9.96. The highest BCUT2D eigenvalue weighted by atomic mass is 127. The first kappa shape index (κ1) is 21.2. The van der Waals surface area contributed by atoms with Gasteiger partial charge < -0.3 is 20.2 Å². The number of rotatable bonds is 7. The number of nitrogens with one attached hydrogen (secondary N) is 2. The quantitative estimate of drug-likeness (QED) is 0.286. The van der Waals surface area contributed by atoms with Gasteiger partial charge in [-0.3, -0.25) is 4.99 Å². The third kappa shape index (κ3) is 5.47. The molecule has 1 aromatic carbocycles. The molecule has 0 amide bonds. The van der Waals surface area contributed by atoms with Crippen LogP contribution in [0.1, 0.15) is 37.2 Å². The van der Waals surface area contributed by atoms with E-state index in [4.69, 9.17) is 9.41 Å². The Kier molecular flexibility index (Phi) is 7.97. The van der Waals surface area contributed by atoms with Gasteiger partial charge in [0.25, 0.3) is 0 Å². The lowest BCUT2D eigenvalue weighted by Crippen LogP contribution is -2.40. The highest BCUT2D eigenvalue weighted by Gasteiger charge is 2.44. The Bertz CT molecular complexity index is 717. The van der Waals surface area contributed by atoms with Crippen LogP contribution in [0.2, 0.25) is 0 Å². The largest absolute Gasteiger partial charge is 0.467 e. The SMILES string of the molecule is CCNC(=NCC1(c2cccc(Br)c2)CC1)NCC(O)c1ccco1.I. The minimum Gasteiger partial charge on any atom is -0.467 e. The molecule has 0 spiro atoms. The van der Waals surface area contributed by atoms with Gasteiger partial charge in [0, 0.05) is 16.4 Å². The fourth-order valence-corrected chi connectivity index (χ4v) is 3.25. The third-order valence-electron chi connectivity index (χ3n) is 4.51. The van der Waals surface area contributed by atoms with E-state index < -0.39 is 6.10 Å². The first-order chi connectivity index (χ1) is 12.1. The van der Waals surface area contributed by atoms with Crippen LogP contribution in [0.3, 0.4) is 0 Å². The van der Waals surface area contributed by atoms with Gasteiger partial charge in [0.1, 0.15) is 11.9 Å². The fourth-order valence-electron chi connectivity index (χ4n) is 2.85. The number of aliphatic imine (C=N–C) groups is 1. The number of aliphatic hydroxyl groups is 1. The maximum absolute atomic E-state index is 10.1. The van der Waals surface area contributed by atoms with Crippen LogP contribution in [0.25, 0.3) is 0 Å². The van der Waals surface area contributed by atoms with Crippen LogP contribution in [0, 0.1) is 0 Å². The number of guanidine groups is 1. The lowest BCUT2D eigenvalue weighted by Gasteiger charge is -2.17. The van der Waals surface area contributed by atoms with Crippen LogP contribution in [0.15, 0.2) is 56.5 Å². The third-order valence-corrected chi connectivity index (χ3v) is 5.00. The van der Waals surface area contributed by atoms with Crippen molar-refractivity contribution in [1.82, 2.24) is 10.6 Å². The summed E-state index contributed by atoms with van der Waals surface area (Å²) < 4.78 is 6.33. The fraction of sp³-hybridized carbons (Fsp3) is 0.421. The molecule has 0 radical (unpaired) electrons. The summed E-state index contributed by atoms with van der Waals surface area (Å²) in [4.78, 5) is 4.74. The Morgan fingerprint density at radius 1 is 1.31 bits per heavy atom. The van der Waals surface area contributed by atoms with Gasteiger partial charge in [-0.25, -0.2) is 0 Å². The molecule has 1 fully saturated rings. The van der Waals surface area contributed by atoms with Crippen LogP contribution < -0.4 is 10.6 Å². The van der Waals surface area contributed by atoms with Gasteiger partial charge in [0.05, 0.1) is 19.4 Å². The van der Waals surface area contributed by atoms with E-state index in [9.17, 15) is 5.11 Å². The second-order valence-electron chi connectivity index (χ2n) is 6.40. The molecule has 142 valence electrons. The monoisotopic (exact) mass is 533 g/mol. The number of benzene rings is 1. The van der Waals surface area contributed by atoms with Crippen molar-refractivity contribution < 1.29 is 9.52 Å². The van der Waals surface area contributed by atoms with Crippen LogP contribution in [0.4, 0.5) is 0 Å². The Balaban J connectivity index is 0.00000243. The predicted molar refractivity (Wildman–Crippen MR) is 118 cm³/mol. The number of nitrogens with zero attached hydrogens (tertiary/aromatic N) is 1. The Labute approximate surface area is 179 Å². The van der Waals surface area contributed by atoms with Gasteiger partial charge in [0.2, 0.25) is 0 Å². The van der Waals surface area contributed by atoms with Gasteiger partial charge in [-0.15, -0.1) is 24.0 Å². The van der Waals surface area contributed by atoms with Crippen molar-refractivity contribution in [2.75, 3.05) is 19.6 Å². The van der Waals surface area contributed by atoms with Crippen LogP contribution in [-0.2, 0) is 5.41 Å². The molecule has 0 bridgehead atoms. The lowest BCUT2D eigenvalue weighted by molar-refractivity contribution is 0.153. The summed E-state index contributed by atoms with van der Waals surface area (Å²) in [5.41, 5.74) is 1.48. The summed E-state index contributed by atoms with van der Waals surface area (Å²) in [5.74, 6) is 1.27. The second-order valence-corrected chi connectivity index (χ2v) is 7.31.